The zero-order valence-electron chi connectivity index (χ0n) is 13.9. The summed E-state index contributed by atoms with van der Waals surface area (Å²) in [4.78, 5) is 29.2. The van der Waals surface area contributed by atoms with Crippen molar-refractivity contribution in [3.63, 3.8) is 0 Å². The predicted molar refractivity (Wildman–Crippen MR) is 91.6 cm³/mol. The van der Waals surface area contributed by atoms with Gasteiger partial charge in [0.2, 0.25) is 5.95 Å². The number of pyridine rings is 1. The highest BCUT2D eigenvalue weighted by Gasteiger charge is 2.21. The van der Waals surface area contributed by atoms with Crippen LogP contribution in [-0.2, 0) is 6.54 Å². The van der Waals surface area contributed by atoms with Crippen LogP contribution in [0.5, 0.6) is 0 Å². The molecule has 1 aliphatic rings. The number of nitrogens with zero attached hydrogens (tertiary/aromatic N) is 5. The molecule has 2 aromatic rings. The summed E-state index contributed by atoms with van der Waals surface area (Å²) < 4.78 is 0. The molecule has 0 atom stereocenters. The first kappa shape index (κ1) is 16.3. The van der Waals surface area contributed by atoms with Gasteiger partial charge >= 0.3 is 0 Å². The molecule has 0 spiro atoms. The van der Waals surface area contributed by atoms with Crippen LogP contribution in [-0.4, -0.2) is 63.4 Å². The van der Waals surface area contributed by atoms with Crippen molar-refractivity contribution in [2.45, 2.75) is 13.5 Å². The molecule has 126 valence electrons. The maximum absolute atomic E-state index is 12.5. The Morgan fingerprint density at radius 2 is 1.79 bits per heavy atom. The number of aromatic nitrogens is 3. The van der Waals surface area contributed by atoms with Crippen molar-refractivity contribution in [2.24, 2.45) is 0 Å². The molecule has 0 aromatic carbocycles. The molecular formula is C17H22N6O. The number of hydrogen-bond donors (Lipinski definition) is 1. The summed E-state index contributed by atoms with van der Waals surface area (Å²) in [6, 6.07) is 3.86. The number of likely N-dealkylation sites (N-methyl/N-ethyl adjacent to an activating group) is 1. The fourth-order valence-corrected chi connectivity index (χ4v) is 2.66. The number of nitrogens with one attached hydrogen (secondary N) is 1. The lowest BCUT2D eigenvalue weighted by molar-refractivity contribution is 0.0642. The summed E-state index contributed by atoms with van der Waals surface area (Å²) in [5, 5.41) is 3.14. The van der Waals surface area contributed by atoms with Gasteiger partial charge in [-0.25, -0.2) is 9.97 Å². The highest BCUT2D eigenvalue weighted by atomic mass is 16.2. The molecule has 0 unspecified atom stereocenters. The smallest absolute Gasteiger partial charge is 0.257 e. The Bertz CT molecular complexity index is 653. The fourth-order valence-electron chi connectivity index (χ4n) is 2.66. The number of anilines is 1. The molecule has 1 N–H and O–H groups in total. The Hall–Kier alpha value is -2.54. The average Bonchev–Trinajstić information content (AvgIpc) is 2.67. The van der Waals surface area contributed by atoms with Gasteiger partial charge in [0, 0.05) is 57.5 Å². The Labute approximate surface area is 141 Å². The second kappa shape index (κ2) is 7.83. The summed E-state index contributed by atoms with van der Waals surface area (Å²) in [7, 11) is 0. The SMILES string of the molecule is CCN1CCN(C(=O)c2cnc(NCc3ccncc3)nc2)CC1. The van der Waals surface area contributed by atoms with E-state index in [1.165, 1.54) is 0 Å². The second-order valence-corrected chi connectivity index (χ2v) is 5.73. The largest absolute Gasteiger partial charge is 0.350 e. The molecule has 3 rings (SSSR count). The molecule has 1 aliphatic heterocycles. The molecule has 7 heteroatoms. The van der Waals surface area contributed by atoms with Gasteiger partial charge in [-0.15, -0.1) is 0 Å². The minimum Gasteiger partial charge on any atom is -0.350 e. The molecule has 1 fully saturated rings. The van der Waals surface area contributed by atoms with E-state index in [-0.39, 0.29) is 5.91 Å². The monoisotopic (exact) mass is 326 g/mol. The Kier molecular flexibility index (Phi) is 5.32. The van der Waals surface area contributed by atoms with Crippen LogP contribution in [0.15, 0.2) is 36.9 Å². The zero-order chi connectivity index (χ0) is 16.8. The maximum atomic E-state index is 12.5. The summed E-state index contributed by atoms with van der Waals surface area (Å²) in [6.45, 7) is 7.16. The topological polar surface area (TPSA) is 74.2 Å². The van der Waals surface area contributed by atoms with Crippen LogP contribution in [0.3, 0.4) is 0 Å². The number of rotatable bonds is 5. The van der Waals surface area contributed by atoms with E-state index in [9.17, 15) is 4.79 Å². The second-order valence-electron chi connectivity index (χ2n) is 5.73. The highest BCUT2D eigenvalue weighted by molar-refractivity contribution is 5.93. The van der Waals surface area contributed by atoms with Gasteiger partial charge in [-0.05, 0) is 24.2 Å². The molecule has 0 radical (unpaired) electrons. The Morgan fingerprint density at radius 3 is 2.42 bits per heavy atom. The molecule has 1 saturated heterocycles. The highest BCUT2D eigenvalue weighted by Crippen LogP contribution is 2.09. The first-order chi connectivity index (χ1) is 11.8. The Balaban J connectivity index is 1.55. The Morgan fingerprint density at radius 1 is 1.12 bits per heavy atom. The minimum absolute atomic E-state index is 0.00596. The number of carbonyl (C=O) groups excluding carboxylic acids is 1. The molecule has 0 aliphatic carbocycles. The molecule has 3 heterocycles. The lowest BCUT2D eigenvalue weighted by atomic mass is 10.2. The molecule has 2 aromatic heterocycles. The quantitative estimate of drug-likeness (QED) is 0.892. The average molecular weight is 326 g/mol. The van der Waals surface area contributed by atoms with Gasteiger partial charge in [0.1, 0.15) is 0 Å². The summed E-state index contributed by atoms with van der Waals surface area (Å²) in [5.74, 6) is 0.519. The van der Waals surface area contributed by atoms with E-state index in [1.807, 2.05) is 17.0 Å². The van der Waals surface area contributed by atoms with Gasteiger partial charge in [-0.1, -0.05) is 6.92 Å². The number of hydrogen-bond acceptors (Lipinski definition) is 6. The summed E-state index contributed by atoms with van der Waals surface area (Å²) >= 11 is 0. The van der Waals surface area contributed by atoms with E-state index in [1.54, 1.807) is 24.8 Å². The van der Waals surface area contributed by atoms with Crippen LogP contribution in [0.1, 0.15) is 22.8 Å². The van der Waals surface area contributed by atoms with Crippen LogP contribution in [0.25, 0.3) is 0 Å². The van der Waals surface area contributed by atoms with Gasteiger partial charge in [-0.2, -0.15) is 0 Å². The number of piperazine rings is 1. The third-order valence-electron chi connectivity index (χ3n) is 4.21. The van der Waals surface area contributed by atoms with Crippen LogP contribution >= 0.6 is 0 Å². The summed E-state index contributed by atoms with van der Waals surface area (Å²) in [5.41, 5.74) is 1.64. The third-order valence-corrected chi connectivity index (χ3v) is 4.21. The van der Waals surface area contributed by atoms with Crippen molar-refractivity contribution in [1.82, 2.24) is 24.8 Å². The van der Waals surface area contributed by atoms with Crippen molar-refractivity contribution in [3.8, 4) is 0 Å². The van der Waals surface area contributed by atoms with Gasteiger partial charge in [0.25, 0.3) is 5.91 Å². The summed E-state index contributed by atoms with van der Waals surface area (Å²) in [6.07, 6.45) is 6.68. The van der Waals surface area contributed by atoms with Gasteiger partial charge in [0.05, 0.1) is 5.56 Å². The minimum atomic E-state index is 0.00596. The van der Waals surface area contributed by atoms with Crippen molar-refractivity contribution < 1.29 is 4.79 Å². The molecule has 24 heavy (non-hydrogen) atoms. The van der Waals surface area contributed by atoms with Crippen molar-refractivity contribution in [2.75, 3.05) is 38.0 Å². The molecule has 0 saturated carbocycles. The van der Waals surface area contributed by atoms with Gasteiger partial charge in [0.15, 0.2) is 0 Å². The van der Waals surface area contributed by atoms with E-state index in [4.69, 9.17) is 0 Å². The van der Waals surface area contributed by atoms with Crippen molar-refractivity contribution >= 4 is 11.9 Å². The lowest BCUT2D eigenvalue weighted by Crippen LogP contribution is -2.48. The van der Waals surface area contributed by atoms with Crippen LogP contribution in [0, 0.1) is 0 Å². The third kappa shape index (κ3) is 4.05. The zero-order valence-corrected chi connectivity index (χ0v) is 13.9. The van der Waals surface area contributed by atoms with Crippen LogP contribution in [0.2, 0.25) is 0 Å². The number of carbonyl (C=O) groups is 1. The van der Waals surface area contributed by atoms with Crippen LogP contribution < -0.4 is 5.32 Å². The fraction of sp³-hybridized carbons (Fsp3) is 0.412. The van der Waals surface area contributed by atoms with Gasteiger partial charge < -0.3 is 15.1 Å². The standard InChI is InChI=1S/C17H22N6O/c1-2-22-7-9-23(10-8-22)16(24)15-12-20-17(21-13-15)19-11-14-3-5-18-6-4-14/h3-6,12-13H,2,7-11H2,1H3,(H,19,20,21). The molecule has 7 nitrogen and oxygen atoms in total. The van der Waals surface area contributed by atoms with E-state index in [0.29, 0.717) is 18.1 Å². The normalized spacial score (nSPS) is 15.3. The molecule has 1 amide bonds. The van der Waals surface area contributed by atoms with Crippen molar-refractivity contribution in [1.29, 1.82) is 0 Å². The predicted octanol–water partition coefficient (Wildman–Crippen LogP) is 1.26. The lowest BCUT2D eigenvalue weighted by Gasteiger charge is -2.33. The van der Waals surface area contributed by atoms with E-state index in [0.717, 1.165) is 38.3 Å². The first-order valence-electron chi connectivity index (χ1n) is 8.22. The van der Waals surface area contributed by atoms with E-state index in [2.05, 4.69) is 32.1 Å². The van der Waals surface area contributed by atoms with E-state index < -0.39 is 0 Å². The van der Waals surface area contributed by atoms with Crippen molar-refractivity contribution in [3.05, 3.63) is 48.0 Å². The first-order valence-corrected chi connectivity index (χ1v) is 8.22. The van der Waals surface area contributed by atoms with Gasteiger partial charge in [-0.3, -0.25) is 9.78 Å². The maximum Gasteiger partial charge on any atom is 0.257 e. The van der Waals surface area contributed by atoms with Crippen LogP contribution in [0.4, 0.5) is 5.95 Å². The molecule has 0 bridgehead atoms. The molecular weight excluding hydrogens is 304 g/mol. The van der Waals surface area contributed by atoms with E-state index >= 15 is 0 Å². The number of amides is 1.